The second kappa shape index (κ2) is 9.47. The van der Waals surface area contributed by atoms with Crippen LogP contribution in [0.1, 0.15) is 57.6 Å². The number of nitrogens with one attached hydrogen (secondary N) is 1. The Hall–Kier alpha value is -2.60. The molecule has 1 N–H and O–H groups in total. The lowest BCUT2D eigenvalue weighted by atomic mass is 9.92. The Balaban J connectivity index is 1.85. The topological polar surface area (TPSA) is 64.0 Å². The van der Waals surface area contributed by atoms with Gasteiger partial charge in [0.1, 0.15) is 0 Å². The van der Waals surface area contributed by atoms with Gasteiger partial charge in [0, 0.05) is 12.2 Å². The third-order valence-corrected chi connectivity index (χ3v) is 6.09. The van der Waals surface area contributed by atoms with Crippen molar-refractivity contribution in [1.82, 2.24) is 9.55 Å². The Bertz CT molecular complexity index is 1090. The highest BCUT2D eigenvalue weighted by Crippen LogP contribution is 2.32. The van der Waals surface area contributed by atoms with Gasteiger partial charge in [0.25, 0.3) is 5.56 Å². The Morgan fingerprint density at radius 1 is 1.03 bits per heavy atom. The fourth-order valence-corrected chi connectivity index (χ4v) is 4.40. The van der Waals surface area contributed by atoms with E-state index >= 15 is 0 Å². The third-order valence-electron chi connectivity index (χ3n) is 5.11. The fourth-order valence-electron chi connectivity index (χ4n) is 3.54. The van der Waals surface area contributed by atoms with Gasteiger partial charge in [-0.2, -0.15) is 0 Å². The summed E-state index contributed by atoms with van der Waals surface area (Å²) < 4.78 is 1.63. The van der Waals surface area contributed by atoms with E-state index in [1.165, 1.54) is 11.8 Å². The van der Waals surface area contributed by atoms with Crippen LogP contribution in [0.3, 0.4) is 0 Å². The number of aromatic nitrogens is 2. The molecule has 5 nitrogen and oxygen atoms in total. The lowest BCUT2D eigenvalue weighted by Gasteiger charge is -2.20. The normalized spacial score (nSPS) is 11.4. The van der Waals surface area contributed by atoms with Crippen molar-refractivity contribution in [3.63, 3.8) is 0 Å². The first-order valence-electron chi connectivity index (χ1n) is 10.4. The summed E-state index contributed by atoms with van der Waals surface area (Å²) in [5.74, 6) is 0.701. The number of hydrogen-bond acceptors (Lipinski definition) is 4. The van der Waals surface area contributed by atoms with Gasteiger partial charge in [0.05, 0.1) is 16.7 Å². The van der Waals surface area contributed by atoms with Crippen LogP contribution in [-0.4, -0.2) is 21.2 Å². The summed E-state index contributed by atoms with van der Waals surface area (Å²) in [6.45, 7) is 10.9. The number of fused-ring (bicyclic) bond motifs is 1. The van der Waals surface area contributed by atoms with Crippen LogP contribution in [0.25, 0.3) is 10.9 Å². The highest BCUT2D eigenvalue weighted by molar-refractivity contribution is 7.99. The quantitative estimate of drug-likeness (QED) is 0.408. The van der Waals surface area contributed by atoms with Crippen molar-refractivity contribution in [2.24, 2.45) is 0 Å². The van der Waals surface area contributed by atoms with Gasteiger partial charge in [-0.25, -0.2) is 4.98 Å². The lowest BCUT2D eigenvalue weighted by Crippen LogP contribution is -2.23. The molecule has 0 spiro atoms. The molecule has 0 aliphatic rings. The number of hydrogen-bond donors (Lipinski definition) is 1. The number of rotatable bonds is 7. The molecular formula is C24H29N3O2S. The Morgan fingerprint density at radius 3 is 2.27 bits per heavy atom. The minimum atomic E-state index is -0.0972. The number of amides is 1. The van der Waals surface area contributed by atoms with Gasteiger partial charge >= 0.3 is 0 Å². The number of benzene rings is 2. The molecule has 0 aliphatic heterocycles. The molecule has 0 fully saturated rings. The zero-order chi connectivity index (χ0) is 21.8. The number of nitrogens with zero attached hydrogens (tertiary/aromatic N) is 2. The monoisotopic (exact) mass is 423 g/mol. The maximum atomic E-state index is 12.8. The minimum Gasteiger partial charge on any atom is -0.325 e. The van der Waals surface area contributed by atoms with Crippen molar-refractivity contribution in [1.29, 1.82) is 0 Å². The molecule has 0 atom stereocenters. The first-order chi connectivity index (χ1) is 14.3. The summed E-state index contributed by atoms with van der Waals surface area (Å²) in [7, 11) is 0. The standard InChI is InChI=1S/C24H29N3O2S/c1-6-27-23(29)19-10-7-8-13-20(19)25-24(27)30-14-21(28)26-22-17(15(2)3)11-9-12-18(22)16(4)5/h7-13,15-16H,6,14H2,1-5H3,(H,26,28). The van der Waals surface area contributed by atoms with Crippen LogP contribution >= 0.6 is 11.8 Å². The molecule has 158 valence electrons. The van der Waals surface area contributed by atoms with E-state index in [1.54, 1.807) is 10.6 Å². The van der Waals surface area contributed by atoms with E-state index in [2.05, 4.69) is 50.1 Å². The molecule has 0 unspecified atom stereocenters. The SMILES string of the molecule is CCn1c(SCC(=O)Nc2c(C(C)C)cccc2C(C)C)nc2ccccc2c1=O. The summed E-state index contributed by atoms with van der Waals surface area (Å²) >= 11 is 1.30. The second-order valence-corrected chi connectivity index (χ2v) is 8.86. The van der Waals surface area contributed by atoms with Crippen LogP contribution in [0.5, 0.6) is 0 Å². The van der Waals surface area contributed by atoms with Crippen LogP contribution in [0.2, 0.25) is 0 Å². The van der Waals surface area contributed by atoms with E-state index in [1.807, 2.05) is 31.2 Å². The van der Waals surface area contributed by atoms with Gasteiger partial charge in [-0.3, -0.25) is 14.2 Å². The van der Waals surface area contributed by atoms with Gasteiger partial charge in [-0.05, 0) is 42.0 Å². The number of carbonyl (C=O) groups excluding carboxylic acids is 1. The predicted molar refractivity (Wildman–Crippen MR) is 126 cm³/mol. The largest absolute Gasteiger partial charge is 0.325 e. The molecular weight excluding hydrogens is 394 g/mol. The van der Waals surface area contributed by atoms with Crippen molar-refractivity contribution in [3.8, 4) is 0 Å². The molecule has 0 aliphatic carbocycles. The van der Waals surface area contributed by atoms with E-state index < -0.39 is 0 Å². The maximum Gasteiger partial charge on any atom is 0.262 e. The molecule has 30 heavy (non-hydrogen) atoms. The summed E-state index contributed by atoms with van der Waals surface area (Å²) in [6, 6.07) is 13.5. The smallest absolute Gasteiger partial charge is 0.262 e. The molecule has 0 bridgehead atoms. The number of anilines is 1. The van der Waals surface area contributed by atoms with E-state index in [0.717, 1.165) is 16.8 Å². The highest BCUT2D eigenvalue weighted by Gasteiger charge is 2.17. The van der Waals surface area contributed by atoms with Crippen molar-refractivity contribution < 1.29 is 4.79 Å². The average Bonchev–Trinajstić information content (AvgIpc) is 2.72. The molecule has 6 heteroatoms. The Morgan fingerprint density at radius 2 is 1.67 bits per heavy atom. The zero-order valence-electron chi connectivity index (χ0n) is 18.2. The van der Waals surface area contributed by atoms with Gasteiger partial charge in [0.15, 0.2) is 5.16 Å². The molecule has 0 saturated heterocycles. The molecule has 0 radical (unpaired) electrons. The lowest BCUT2D eigenvalue weighted by molar-refractivity contribution is -0.113. The fraction of sp³-hybridized carbons (Fsp3) is 0.375. The van der Waals surface area contributed by atoms with Crippen LogP contribution in [-0.2, 0) is 11.3 Å². The Labute approximate surface area is 181 Å². The molecule has 0 saturated carbocycles. The maximum absolute atomic E-state index is 12.8. The van der Waals surface area contributed by atoms with Crippen molar-refractivity contribution in [2.45, 2.75) is 58.2 Å². The summed E-state index contributed by atoms with van der Waals surface area (Å²) in [5.41, 5.74) is 3.76. The second-order valence-electron chi connectivity index (χ2n) is 7.92. The van der Waals surface area contributed by atoms with Crippen LogP contribution < -0.4 is 10.9 Å². The van der Waals surface area contributed by atoms with E-state index in [0.29, 0.717) is 34.4 Å². The molecule has 1 amide bonds. The van der Waals surface area contributed by atoms with Crippen LogP contribution in [0.4, 0.5) is 5.69 Å². The first-order valence-corrected chi connectivity index (χ1v) is 11.4. The average molecular weight is 424 g/mol. The van der Waals surface area contributed by atoms with Crippen molar-refractivity contribution in [3.05, 3.63) is 63.9 Å². The van der Waals surface area contributed by atoms with Crippen LogP contribution in [0, 0.1) is 0 Å². The molecule has 1 aromatic heterocycles. The van der Waals surface area contributed by atoms with Gasteiger partial charge in [-0.1, -0.05) is 69.8 Å². The Kier molecular flexibility index (Phi) is 6.98. The zero-order valence-corrected chi connectivity index (χ0v) is 19.0. The van der Waals surface area contributed by atoms with Crippen molar-refractivity contribution >= 4 is 34.3 Å². The number of carbonyl (C=O) groups is 1. The van der Waals surface area contributed by atoms with Gasteiger partial charge in [0.2, 0.25) is 5.91 Å². The van der Waals surface area contributed by atoms with Crippen molar-refractivity contribution in [2.75, 3.05) is 11.1 Å². The number of para-hydroxylation sites is 2. The molecule has 3 aromatic rings. The minimum absolute atomic E-state index is 0.0711. The molecule has 2 aromatic carbocycles. The molecule has 3 rings (SSSR count). The predicted octanol–water partition coefficient (Wildman–Crippen LogP) is 5.39. The van der Waals surface area contributed by atoms with Gasteiger partial charge in [-0.15, -0.1) is 0 Å². The first kappa shape index (κ1) is 22.1. The van der Waals surface area contributed by atoms with E-state index in [4.69, 9.17) is 0 Å². The highest BCUT2D eigenvalue weighted by atomic mass is 32.2. The third kappa shape index (κ3) is 4.59. The summed E-state index contributed by atoms with van der Waals surface area (Å²) in [4.78, 5) is 30.2. The van der Waals surface area contributed by atoms with Crippen LogP contribution in [0.15, 0.2) is 52.4 Å². The summed E-state index contributed by atoms with van der Waals surface area (Å²) in [6.07, 6.45) is 0. The summed E-state index contributed by atoms with van der Waals surface area (Å²) in [5, 5.41) is 4.29. The van der Waals surface area contributed by atoms with E-state index in [-0.39, 0.29) is 17.2 Å². The molecule has 1 heterocycles. The number of thioether (sulfide) groups is 1. The van der Waals surface area contributed by atoms with Gasteiger partial charge < -0.3 is 5.32 Å². The van der Waals surface area contributed by atoms with E-state index in [9.17, 15) is 9.59 Å².